The molecule has 0 aliphatic carbocycles. The lowest BCUT2D eigenvalue weighted by molar-refractivity contribution is 0.0996. The smallest absolute Gasteiger partial charge is 0.251 e. The number of benzene rings is 1. The molecule has 1 aromatic heterocycles. The molecule has 2 rings (SSSR count). The van der Waals surface area contributed by atoms with Gasteiger partial charge in [-0.2, -0.15) is 0 Å². The van der Waals surface area contributed by atoms with E-state index in [1.165, 1.54) is 18.2 Å². The second-order valence-corrected chi connectivity index (χ2v) is 4.46. The standard InChI is InChI=1S/C13H16FN5O2/c14-12-3-2-9(6-11(12)13(15)21)16-7-10-8-19(18-17-10)4-1-5-20/h2-3,6,8,16,20H,1,4-5,7H2,(H2,15,21). The van der Waals surface area contributed by atoms with Crippen molar-refractivity contribution in [3.8, 4) is 0 Å². The van der Waals surface area contributed by atoms with Gasteiger partial charge >= 0.3 is 0 Å². The molecule has 0 saturated carbocycles. The molecular weight excluding hydrogens is 277 g/mol. The molecule has 112 valence electrons. The third-order valence-electron chi connectivity index (χ3n) is 2.84. The fraction of sp³-hybridized carbons (Fsp3) is 0.308. The van der Waals surface area contributed by atoms with Crippen molar-refractivity contribution in [2.45, 2.75) is 19.5 Å². The number of nitrogens with one attached hydrogen (secondary N) is 1. The van der Waals surface area contributed by atoms with Crippen LogP contribution in [0.15, 0.2) is 24.4 Å². The average Bonchev–Trinajstić information content (AvgIpc) is 2.92. The van der Waals surface area contributed by atoms with Gasteiger partial charge in [0, 0.05) is 18.8 Å². The second kappa shape index (κ2) is 6.80. The largest absolute Gasteiger partial charge is 0.396 e. The summed E-state index contributed by atoms with van der Waals surface area (Å²) in [7, 11) is 0. The van der Waals surface area contributed by atoms with Crippen molar-refractivity contribution in [1.82, 2.24) is 15.0 Å². The minimum Gasteiger partial charge on any atom is -0.396 e. The van der Waals surface area contributed by atoms with E-state index in [4.69, 9.17) is 10.8 Å². The molecule has 0 fully saturated rings. The molecule has 0 saturated heterocycles. The maximum Gasteiger partial charge on any atom is 0.251 e. The number of rotatable bonds is 7. The molecule has 0 atom stereocenters. The van der Waals surface area contributed by atoms with Crippen LogP contribution in [-0.2, 0) is 13.1 Å². The second-order valence-electron chi connectivity index (χ2n) is 4.46. The molecular formula is C13H16FN5O2. The fourth-order valence-electron chi connectivity index (χ4n) is 1.78. The Morgan fingerprint density at radius 3 is 3.00 bits per heavy atom. The summed E-state index contributed by atoms with van der Waals surface area (Å²) >= 11 is 0. The molecule has 0 bridgehead atoms. The van der Waals surface area contributed by atoms with E-state index in [1.807, 2.05) is 0 Å². The van der Waals surface area contributed by atoms with Crippen molar-refractivity contribution in [2.75, 3.05) is 11.9 Å². The van der Waals surface area contributed by atoms with Gasteiger partial charge in [-0.15, -0.1) is 5.10 Å². The van der Waals surface area contributed by atoms with E-state index >= 15 is 0 Å². The maximum absolute atomic E-state index is 13.3. The number of amides is 1. The summed E-state index contributed by atoms with van der Waals surface area (Å²) < 4.78 is 15.0. The van der Waals surface area contributed by atoms with Crippen LogP contribution < -0.4 is 11.1 Å². The van der Waals surface area contributed by atoms with Crippen LogP contribution in [0.3, 0.4) is 0 Å². The molecule has 0 unspecified atom stereocenters. The van der Waals surface area contributed by atoms with Crippen LogP contribution in [0, 0.1) is 5.82 Å². The minimum atomic E-state index is -0.814. The number of hydrogen-bond donors (Lipinski definition) is 3. The maximum atomic E-state index is 13.3. The summed E-state index contributed by atoms with van der Waals surface area (Å²) in [6.07, 6.45) is 2.36. The minimum absolute atomic E-state index is 0.0961. The van der Waals surface area contributed by atoms with Crippen molar-refractivity contribution >= 4 is 11.6 Å². The summed E-state index contributed by atoms with van der Waals surface area (Å²) in [5, 5.41) is 19.6. The fourth-order valence-corrected chi connectivity index (χ4v) is 1.78. The van der Waals surface area contributed by atoms with E-state index in [9.17, 15) is 9.18 Å². The highest BCUT2D eigenvalue weighted by molar-refractivity contribution is 5.94. The average molecular weight is 293 g/mol. The van der Waals surface area contributed by atoms with E-state index < -0.39 is 11.7 Å². The lowest BCUT2D eigenvalue weighted by Gasteiger charge is -2.06. The molecule has 0 spiro atoms. The van der Waals surface area contributed by atoms with Crippen molar-refractivity contribution < 1.29 is 14.3 Å². The summed E-state index contributed by atoms with van der Waals surface area (Å²) in [4.78, 5) is 11.1. The Kier molecular flexibility index (Phi) is 4.83. The van der Waals surface area contributed by atoms with Gasteiger partial charge in [0.1, 0.15) is 11.5 Å². The van der Waals surface area contributed by atoms with Gasteiger partial charge < -0.3 is 16.2 Å². The van der Waals surface area contributed by atoms with Crippen molar-refractivity contribution in [2.24, 2.45) is 5.73 Å². The van der Waals surface area contributed by atoms with Gasteiger partial charge in [-0.1, -0.05) is 5.21 Å². The number of carbonyl (C=O) groups excluding carboxylic acids is 1. The highest BCUT2D eigenvalue weighted by Crippen LogP contribution is 2.15. The third kappa shape index (κ3) is 3.99. The number of halogens is 1. The highest BCUT2D eigenvalue weighted by Gasteiger charge is 2.09. The molecule has 0 radical (unpaired) electrons. The summed E-state index contributed by atoms with van der Waals surface area (Å²) in [6, 6.07) is 4.05. The van der Waals surface area contributed by atoms with Crippen LogP contribution in [-0.4, -0.2) is 32.6 Å². The van der Waals surface area contributed by atoms with Gasteiger partial charge in [-0.3, -0.25) is 9.48 Å². The number of carbonyl (C=O) groups is 1. The Morgan fingerprint density at radius 1 is 1.48 bits per heavy atom. The van der Waals surface area contributed by atoms with Crippen LogP contribution in [0.25, 0.3) is 0 Å². The zero-order valence-electron chi connectivity index (χ0n) is 11.3. The zero-order valence-corrected chi connectivity index (χ0v) is 11.3. The van der Waals surface area contributed by atoms with E-state index in [2.05, 4.69) is 15.6 Å². The number of aliphatic hydroxyl groups excluding tert-OH is 1. The number of aliphatic hydroxyl groups is 1. The first kappa shape index (κ1) is 14.9. The molecule has 8 heteroatoms. The molecule has 7 nitrogen and oxygen atoms in total. The van der Waals surface area contributed by atoms with E-state index in [0.29, 0.717) is 30.9 Å². The lowest BCUT2D eigenvalue weighted by atomic mass is 10.2. The molecule has 21 heavy (non-hydrogen) atoms. The SMILES string of the molecule is NC(=O)c1cc(NCc2cn(CCCO)nn2)ccc1F. The van der Waals surface area contributed by atoms with Gasteiger partial charge in [-0.25, -0.2) is 4.39 Å². The summed E-state index contributed by atoms with van der Waals surface area (Å²) in [5.41, 5.74) is 6.18. The molecule has 1 amide bonds. The highest BCUT2D eigenvalue weighted by atomic mass is 19.1. The Balaban J connectivity index is 1.98. The predicted octanol–water partition coefficient (Wildman–Crippen LogP) is 0.511. The van der Waals surface area contributed by atoms with Crippen molar-refractivity contribution in [3.63, 3.8) is 0 Å². The number of nitrogens with two attached hydrogens (primary N) is 1. The molecule has 1 aromatic carbocycles. The van der Waals surface area contributed by atoms with Crippen molar-refractivity contribution in [1.29, 1.82) is 0 Å². The summed E-state index contributed by atoms with van der Waals surface area (Å²) in [6.45, 7) is 1.06. The molecule has 1 heterocycles. The van der Waals surface area contributed by atoms with Crippen LogP contribution in [0.5, 0.6) is 0 Å². The lowest BCUT2D eigenvalue weighted by Crippen LogP contribution is -2.13. The predicted molar refractivity (Wildman–Crippen MR) is 74.0 cm³/mol. The van der Waals surface area contributed by atoms with Crippen LogP contribution in [0.4, 0.5) is 10.1 Å². The number of hydrogen-bond acceptors (Lipinski definition) is 5. The van der Waals surface area contributed by atoms with E-state index in [-0.39, 0.29) is 12.2 Å². The Morgan fingerprint density at radius 2 is 2.29 bits per heavy atom. The number of anilines is 1. The molecule has 0 aliphatic heterocycles. The van der Waals surface area contributed by atoms with Gasteiger partial charge in [0.15, 0.2) is 0 Å². The first-order valence-electron chi connectivity index (χ1n) is 6.43. The van der Waals surface area contributed by atoms with Gasteiger partial charge in [0.05, 0.1) is 18.3 Å². The van der Waals surface area contributed by atoms with Crippen LogP contribution in [0.2, 0.25) is 0 Å². The topological polar surface area (TPSA) is 106 Å². The van der Waals surface area contributed by atoms with E-state index in [1.54, 1.807) is 10.9 Å². The first-order valence-corrected chi connectivity index (χ1v) is 6.43. The quantitative estimate of drug-likeness (QED) is 0.689. The van der Waals surface area contributed by atoms with E-state index in [0.717, 1.165) is 0 Å². The molecule has 2 aromatic rings. The Labute approximate surface area is 120 Å². The van der Waals surface area contributed by atoms with Crippen LogP contribution in [0.1, 0.15) is 22.5 Å². The molecule has 0 aliphatic rings. The van der Waals surface area contributed by atoms with Gasteiger partial charge in [0.2, 0.25) is 0 Å². The normalized spacial score (nSPS) is 10.6. The number of primary amides is 1. The number of aromatic nitrogens is 3. The third-order valence-corrected chi connectivity index (χ3v) is 2.84. The number of nitrogens with zero attached hydrogens (tertiary/aromatic N) is 3. The van der Waals surface area contributed by atoms with Crippen molar-refractivity contribution in [3.05, 3.63) is 41.5 Å². The Bertz CT molecular complexity index is 629. The first-order chi connectivity index (χ1) is 10.1. The molecule has 4 N–H and O–H groups in total. The van der Waals surface area contributed by atoms with Gasteiger partial charge in [-0.05, 0) is 24.6 Å². The monoisotopic (exact) mass is 293 g/mol. The van der Waals surface area contributed by atoms with Gasteiger partial charge in [0.25, 0.3) is 5.91 Å². The Hall–Kier alpha value is -2.48. The zero-order chi connectivity index (χ0) is 15.2. The van der Waals surface area contributed by atoms with Crippen LogP contribution >= 0.6 is 0 Å². The summed E-state index contributed by atoms with van der Waals surface area (Å²) in [5.74, 6) is -1.46. The number of aryl methyl sites for hydroxylation is 1.